The predicted molar refractivity (Wildman–Crippen MR) is 83.4 cm³/mol. The van der Waals surface area contributed by atoms with Crippen molar-refractivity contribution in [2.45, 2.75) is 42.8 Å². The van der Waals surface area contributed by atoms with E-state index >= 15 is 0 Å². The number of alkyl halides is 3. The first kappa shape index (κ1) is 18.7. The van der Waals surface area contributed by atoms with Crippen LogP contribution in [0.15, 0.2) is 23.1 Å². The number of anilines is 1. The van der Waals surface area contributed by atoms with Gasteiger partial charge in [-0.3, -0.25) is 4.79 Å². The lowest BCUT2D eigenvalue weighted by Crippen LogP contribution is -2.24. The van der Waals surface area contributed by atoms with Gasteiger partial charge in [0.05, 0.1) is 16.1 Å². The molecule has 1 fully saturated rings. The van der Waals surface area contributed by atoms with Gasteiger partial charge < -0.3 is 10.6 Å². The van der Waals surface area contributed by atoms with Crippen LogP contribution in [0.25, 0.3) is 0 Å². The van der Waals surface area contributed by atoms with Crippen molar-refractivity contribution in [1.29, 1.82) is 0 Å². The molecule has 0 saturated carbocycles. The summed E-state index contributed by atoms with van der Waals surface area (Å²) in [6, 6.07) is 2.43. The largest absolute Gasteiger partial charge is 0.416 e. The Morgan fingerprint density at radius 1 is 1.38 bits per heavy atom. The Morgan fingerprint density at radius 3 is 2.62 bits per heavy atom. The summed E-state index contributed by atoms with van der Waals surface area (Å²) in [6.45, 7) is 0.887. The van der Waals surface area contributed by atoms with Gasteiger partial charge >= 0.3 is 6.18 Å². The number of sulfone groups is 1. The lowest BCUT2D eigenvalue weighted by molar-refractivity contribution is -0.137. The summed E-state index contributed by atoms with van der Waals surface area (Å²) in [6.07, 6.45) is -1.10. The zero-order chi connectivity index (χ0) is 18.0. The van der Waals surface area contributed by atoms with E-state index < -0.39 is 27.5 Å². The third-order valence-electron chi connectivity index (χ3n) is 3.86. The van der Waals surface area contributed by atoms with Gasteiger partial charge in [0.15, 0.2) is 9.84 Å². The lowest BCUT2D eigenvalue weighted by Gasteiger charge is -2.14. The van der Waals surface area contributed by atoms with E-state index in [1.54, 1.807) is 0 Å². The molecule has 1 aromatic rings. The van der Waals surface area contributed by atoms with E-state index in [9.17, 15) is 26.4 Å². The molecule has 1 heterocycles. The predicted octanol–water partition coefficient (Wildman–Crippen LogP) is 2.58. The maximum absolute atomic E-state index is 12.8. The summed E-state index contributed by atoms with van der Waals surface area (Å²) in [5.74, 6) is -0.507. The Kier molecular flexibility index (Phi) is 5.54. The molecule has 1 aliphatic rings. The zero-order valence-corrected chi connectivity index (χ0v) is 13.9. The maximum Gasteiger partial charge on any atom is 0.416 e. The lowest BCUT2D eigenvalue weighted by atomic mass is 10.1. The average Bonchev–Trinajstić information content (AvgIpc) is 2.96. The highest BCUT2D eigenvalue weighted by Crippen LogP contribution is 2.33. The quantitative estimate of drug-likeness (QED) is 0.842. The summed E-state index contributed by atoms with van der Waals surface area (Å²) in [4.78, 5) is 11.7. The SMILES string of the molecule is CS(=O)(=O)c1ccc(C(F)(F)F)cc1NC(=O)CCC1CCCN1. The Morgan fingerprint density at radius 2 is 2.08 bits per heavy atom. The van der Waals surface area contributed by atoms with Gasteiger partial charge in [-0.25, -0.2) is 8.42 Å². The van der Waals surface area contributed by atoms with Gasteiger partial charge in [-0.15, -0.1) is 0 Å². The second-order valence-corrected chi connectivity index (χ2v) is 7.85. The Labute approximate surface area is 138 Å². The minimum absolute atomic E-state index is 0.108. The molecule has 0 spiro atoms. The highest BCUT2D eigenvalue weighted by molar-refractivity contribution is 7.90. The first-order valence-electron chi connectivity index (χ1n) is 7.52. The monoisotopic (exact) mass is 364 g/mol. The number of hydrogen-bond acceptors (Lipinski definition) is 4. The van der Waals surface area contributed by atoms with E-state index in [-0.39, 0.29) is 23.0 Å². The van der Waals surface area contributed by atoms with Crippen molar-refractivity contribution in [2.24, 2.45) is 0 Å². The van der Waals surface area contributed by atoms with Gasteiger partial charge in [-0.1, -0.05) is 0 Å². The fraction of sp³-hybridized carbons (Fsp3) is 0.533. The van der Waals surface area contributed by atoms with E-state index in [0.29, 0.717) is 18.6 Å². The standard InChI is InChI=1S/C15H19F3N2O3S/c1-24(22,23)13-6-4-10(15(16,17)18)9-12(13)20-14(21)7-5-11-3-2-8-19-11/h4,6,9,11,19H,2-3,5,7-8H2,1H3,(H,20,21). The highest BCUT2D eigenvalue weighted by atomic mass is 32.2. The normalized spacial score (nSPS) is 18.6. The molecule has 5 nitrogen and oxygen atoms in total. The van der Waals surface area contributed by atoms with Crippen molar-refractivity contribution in [2.75, 3.05) is 18.1 Å². The van der Waals surface area contributed by atoms with Crippen molar-refractivity contribution < 1.29 is 26.4 Å². The summed E-state index contributed by atoms with van der Waals surface area (Å²) in [5, 5.41) is 5.52. The van der Waals surface area contributed by atoms with Gasteiger partial charge in [0.2, 0.25) is 5.91 Å². The third kappa shape index (κ3) is 4.94. The number of hydrogen-bond donors (Lipinski definition) is 2. The maximum atomic E-state index is 12.8. The number of carbonyl (C=O) groups excluding carboxylic acids is 1. The smallest absolute Gasteiger partial charge is 0.325 e. The molecule has 134 valence electrons. The second-order valence-electron chi connectivity index (χ2n) is 5.86. The first-order valence-corrected chi connectivity index (χ1v) is 9.41. The molecule has 1 amide bonds. The number of carbonyl (C=O) groups is 1. The van der Waals surface area contributed by atoms with Crippen LogP contribution in [0.3, 0.4) is 0 Å². The zero-order valence-electron chi connectivity index (χ0n) is 13.1. The number of nitrogens with one attached hydrogen (secondary N) is 2. The fourth-order valence-electron chi connectivity index (χ4n) is 2.65. The van der Waals surface area contributed by atoms with Crippen molar-refractivity contribution >= 4 is 21.4 Å². The van der Waals surface area contributed by atoms with Crippen LogP contribution < -0.4 is 10.6 Å². The molecule has 2 N–H and O–H groups in total. The summed E-state index contributed by atoms with van der Waals surface area (Å²) >= 11 is 0. The molecule has 0 aromatic heterocycles. The van der Waals surface area contributed by atoms with Crippen LogP contribution in [0.5, 0.6) is 0 Å². The van der Waals surface area contributed by atoms with Crippen molar-refractivity contribution in [3.8, 4) is 0 Å². The van der Waals surface area contributed by atoms with E-state index in [1.165, 1.54) is 0 Å². The third-order valence-corrected chi connectivity index (χ3v) is 5.02. The number of halogens is 3. The molecule has 2 rings (SSSR count). The molecule has 1 atom stereocenters. The summed E-state index contributed by atoms with van der Waals surface area (Å²) in [5.41, 5.74) is -1.35. The van der Waals surface area contributed by atoms with E-state index in [1.807, 2.05) is 0 Å². The van der Waals surface area contributed by atoms with Crippen molar-refractivity contribution in [3.05, 3.63) is 23.8 Å². The van der Waals surface area contributed by atoms with Crippen LogP contribution in [0.4, 0.5) is 18.9 Å². The number of benzene rings is 1. The van der Waals surface area contributed by atoms with Crippen LogP contribution in [0.1, 0.15) is 31.2 Å². The molecular formula is C15H19F3N2O3S. The molecule has 0 radical (unpaired) electrons. The van der Waals surface area contributed by atoms with E-state index in [0.717, 1.165) is 31.7 Å². The highest BCUT2D eigenvalue weighted by Gasteiger charge is 2.32. The second kappa shape index (κ2) is 7.10. The minimum Gasteiger partial charge on any atom is -0.325 e. The number of amides is 1. The van der Waals surface area contributed by atoms with Gasteiger partial charge in [0.25, 0.3) is 0 Å². The van der Waals surface area contributed by atoms with Gasteiger partial charge in [0.1, 0.15) is 0 Å². The molecule has 1 aromatic carbocycles. The average molecular weight is 364 g/mol. The van der Waals surface area contributed by atoms with Crippen molar-refractivity contribution in [1.82, 2.24) is 5.32 Å². The molecule has 9 heteroatoms. The van der Waals surface area contributed by atoms with Crippen LogP contribution in [-0.2, 0) is 20.8 Å². The van der Waals surface area contributed by atoms with Crippen molar-refractivity contribution in [3.63, 3.8) is 0 Å². The van der Waals surface area contributed by atoms with Crippen LogP contribution in [0, 0.1) is 0 Å². The van der Waals surface area contributed by atoms with Gasteiger partial charge in [-0.05, 0) is 44.0 Å². The number of rotatable bonds is 5. The summed E-state index contributed by atoms with van der Waals surface area (Å²) in [7, 11) is -3.77. The van der Waals surface area contributed by atoms with Crippen LogP contribution in [-0.4, -0.2) is 33.2 Å². The van der Waals surface area contributed by atoms with Crippen LogP contribution >= 0.6 is 0 Å². The molecule has 1 saturated heterocycles. The summed E-state index contributed by atoms with van der Waals surface area (Å²) < 4.78 is 61.9. The Balaban J connectivity index is 2.17. The molecule has 1 unspecified atom stereocenters. The van der Waals surface area contributed by atoms with Crippen LogP contribution in [0.2, 0.25) is 0 Å². The Hall–Kier alpha value is -1.61. The first-order chi connectivity index (χ1) is 11.1. The molecule has 0 bridgehead atoms. The topological polar surface area (TPSA) is 75.3 Å². The van der Waals surface area contributed by atoms with E-state index in [4.69, 9.17) is 0 Å². The minimum atomic E-state index is -4.62. The molecule has 0 aliphatic carbocycles. The van der Waals surface area contributed by atoms with Gasteiger partial charge in [-0.2, -0.15) is 13.2 Å². The Bertz CT molecular complexity index is 711. The van der Waals surface area contributed by atoms with E-state index in [2.05, 4.69) is 10.6 Å². The fourth-order valence-corrected chi connectivity index (χ4v) is 3.47. The van der Waals surface area contributed by atoms with Gasteiger partial charge in [0, 0.05) is 18.7 Å². The molecule has 24 heavy (non-hydrogen) atoms. The molecule has 1 aliphatic heterocycles. The molecular weight excluding hydrogens is 345 g/mol.